The predicted octanol–water partition coefficient (Wildman–Crippen LogP) is 2.85. The highest BCUT2D eigenvalue weighted by molar-refractivity contribution is 6.28. The van der Waals surface area contributed by atoms with E-state index in [9.17, 15) is 14.4 Å². The van der Waals surface area contributed by atoms with Crippen LogP contribution in [0.25, 0.3) is 5.53 Å². The molecule has 0 fully saturated rings. The predicted molar refractivity (Wildman–Crippen MR) is 106 cm³/mol. The molecule has 0 saturated heterocycles. The van der Waals surface area contributed by atoms with E-state index in [2.05, 4.69) is 15.4 Å². The summed E-state index contributed by atoms with van der Waals surface area (Å²) in [5, 5.41) is 5.10. The average molecular weight is 404 g/mol. The zero-order chi connectivity index (χ0) is 21.7. The Bertz CT molecular complexity index is 724. The third-order valence-corrected chi connectivity index (χ3v) is 3.62. The van der Waals surface area contributed by atoms with E-state index in [1.807, 2.05) is 30.3 Å². The first kappa shape index (κ1) is 23.8. The standard InChI is InChI=1S/C20H28N4O5/c1-20(2,3)29-18(26)22-12-8-7-11-16(17(25)13-23-21)24-19(27)28-14-15-9-5-4-6-10-15/h4-6,9-10,13,16H,7-8,11-12,14H2,1-3H3,(H,22,26)(H,24,27). The molecule has 0 radical (unpaired) electrons. The second kappa shape index (κ2) is 12.3. The minimum Gasteiger partial charge on any atom is -0.445 e. The molecule has 1 atom stereocenters. The first-order valence-corrected chi connectivity index (χ1v) is 9.36. The van der Waals surface area contributed by atoms with Crippen molar-refractivity contribution in [1.29, 1.82) is 0 Å². The van der Waals surface area contributed by atoms with Crippen molar-refractivity contribution >= 4 is 24.2 Å². The van der Waals surface area contributed by atoms with Gasteiger partial charge in [0.05, 0.1) is 0 Å². The maximum atomic E-state index is 12.0. The van der Waals surface area contributed by atoms with Crippen molar-refractivity contribution in [2.75, 3.05) is 6.54 Å². The summed E-state index contributed by atoms with van der Waals surface area (Å²) in [6, 6.07) is 8.23. The van der Waals surface area contributed by atoms with Crippen LogP contribution in [0.5, 0.6) is 0 Å². The van der Waals surface area contributed by atoms with Crippen LogP contribution in [0.4, 0.5) is 9.59 Å². The van der Waals surface area contributed by atoms with Crippen molar-refractivity contribution in [3.05, 3.63) is 41.4 Å². The number of hydrogen-bond donors (Lipinski definition) is 2. The number of Topliss-reactive ketones (excluding diaryl/α,β-unsaturated/α-hetero) is 1. The number of carbonyl (C=O) groups excluding carboxylic acids is 3. The quantitative estimate of drug-likeness (QED) is 0.268. The maximum absolute atomic E-state index is 12.0. The maximum Gasteiger partial charge on any atom is 0.408 e. The summed E-state index contributed by atoms with van der Waals surface area (Å²) in [5.74, 6) is -0.552. The molecule has 1 unspecified atom stereocenters. The molecule has 29 heavy (non-hydrogen) atoms. The third-order valence-electron chi connectivity index (χ3n) is 3.62. The van der Waals surface area contributed by atoms with Gasteiger partial charge in [-0.1, -0.05) is 30.3 Å². The Morgan fingerprint density at radius 3 is 2.45 bits per heavy atom. The first-order chi connectivity index (χ1) is 13.7. The highest BCUT2D eigenvalue weighted by atomic mass is 16.6. The van der Waals surface area contributed by atoms with Crippen LogP contribution in [-0.4, -0.2) is 47.2 Å². The number of nitrogens with one attached hydrogen (secondary N) is 2. The lowest BCUT2D eigenvalue weighted by Gasteiger charge is -2.19. The molecule has 0 saturated carbocycles. The summed E-state index contributed by atoms with van der Waals surface area (Å²) < 4.78 is 10.2. The zero-order valence-corrected chi connectivity index (χ0v) is 17.0. The molecule has 1 aromatic carbocycles. The molecule has 158 valence electrons. The van der Waals surface area contributed by atoms with Crippen LogP contribution in [0, 0.1) is 0 Å². The van der Waals surface area contributed by atoms with Gasteiger partial charge in [-0.2, -0.15) is 4.79 Å². The van der Waals surface area contributed by atoms with Gasteiger partial charge in [0.15, 0.2) is 0 Å². The smallest absolute Gasteiger partial charge is 0.408 e. The SMILES string of the molecule is CC(C)(C)OC(=O)NCCCCC(NC(=O)OCc1ccccc1)C(=O)C=[N+]=[N-]. The number of carbonyl (C=O) groups is 3. The number of hydrogen-bond acceptors (Lipinski definition) is 5. The highest BCUT2D eigenvalue weighted by Gasteiger charge is 2.22. The molecule has 9 heteroatoms. The summed E-state index contributed by atoms with van der Waals surface area (Å²) >= 11 is 0. The van der Waals surface area contributed by atoms with Gasteiger partial charge >= 0.3 is 18.4 Å². The van der Waals surface area contributed by atoms with Crippen molar-refractivity contribution in [1.82, 2.24) is 10.6 Å². The third kappa shape index (κ3) is 11.3. The van der Waals surface area contributed by atoms with E-state index in [4.69, 9.17) is 15.0 Å². The summed E-state index contributed by atoms with van der Waals surface area (Å²) in [6.07, 6.45) is 0.873. The van der Waals surface area contributed by atoms with Crippen LogP contribution in [0.3, 0.4) is 0 Å². The Hall–Kier alpha value is -3.19. The second-order valence-electron chi connectivity index (χ2n) is 7.33. The lowest BCUT2D eigenvalue weighted by Crippen LogP contribution is -2.42. The minimum absolute atomic E-state index is 0.0709. The van der Waals surface area contributed by atoms with Crippen LogP contribution in [0.15, 0.2) is 30.3 Å². The summed E-state index contributed by atoms with van der Waals surface area (Å²) in [4.78, 5) is 38.3. The van der Waals surface area contributed by atoms with E-state index in [1.54, 1.807) is 20.8 Å². The van der Waals surface area contributed by atoms with Crippen molar-refractivity contribution in [2.45, 2.75) is 58.3 Å². The van der Waals surface area contributed by atoms with Crippen molar-refractivity contribution in [2.24, 2.45) is 0 Å². The van der Waals surface area contributed by atoms with E-state index in [0.29, 0.717) is 25.8 Å². The summed E-state index contributed by atoms with van der Waals surface area (Å²) in [5.41, 5.74) is 8.82. The molecule has 0 aliphatic heterocycles. The molecule has 0 bridgehead atoms. The first-order valence-electron chi connectivity index (χ1n) is 9.36. The average Bonchev–Trinajstić information content (AvgIpc) is 2.64. The Kier molecular flexibility index (Phi) is 10.1. The van der Waals surface area contributed by atoms with Gasteiger partial charge in [0, 0.05) is 6.54 Å². The van der Waals surface area contributed by atoms with Gasteiger partial charge in [-0.05, 0) is 45.6 Å². The minimum atomic E-state index is -0.893. The lowest BCUT2D eigenvalue weighted by molar-refractivity contribution is -0.118. The number of amides is 2. The van der Waals surface area contributed by atoms with Gasteiger partial charge in [-0.3, -0.25) is 4.79 Å². The van der Waals surface area contributed by atoms with Gasteiger partial charge in [0.25, 0.3) is 5.78 Å². The van der Waals surface area contributed by atoms with Crippen LogP contribution in [0.1, 0.15) is 45.6 Å². The fourth-order valence-electron chi connectivity index (χ4n) is 2.32. The van der Waals surface area contributed by atoms with Gasteiger partial charge < -0.3 is 25.6 Å². The Morgan fingerprint density at radius 2 is 1.83 bits per heavy atom. The molecule has 2 N–H and O–H groups in total. The number of ketones is 1. The number of rotatable bonds is 10. The molecule has 9 nitrogen and oxygen atoms in total. The van der Waals surface area contributed by atoms with Crippen molar-refractivity contribution < 1.29 is 28.6 Å². The van der Waals surface area contributed by atoms with Gasteiger partial charge in [0.2, 0.25) is 0 Å². The van der Waals surface area contributed by atoms with E-state index in [-0.39, 0.29) is 6.61 Å². The molecule has 0 spiro atoms. The molecular formula is C20H28N4O5. The Labute approximate surface area is 170 Å². The topological polar surface area (TPSA) is 130 Å². The van der Waals surface area contributed by atoms with E-state index < -0.39 is 29.6 Å². The molecule has 0 aliphatic rings. The molecule has 0 aliphatic carbocycles. The van der Waals surface area contributed by atoms with Crippen LogP contribution in [-0.2, 0) is 20.9 Å². The lowest BCUT2D eigenvalue weighted by atomic mass is 10.1. The van der Waals surface area contributed by atoms with Crippen LogP contribution < -0.4 is 10.6 Å². The normalized spacial score (nSPS) is 11.6. The van der Waals surface area contributed by atoms with Gasteiger partial charge in [-0.15, -0.1) is 0 Å². The number of alkyl carbamates (subject to hydrolysis) is 2. The Balaban J connectivity index is 2.41. The highest BCUT2D eigenvalue weighted by Crippen LogP contribution is 2.07. The molecule has 1 aromatic rings. The largest absolute Gasteiger partial charge is 0.445 e. The molecule has 1 rings (SSSR count). The number of unbranched alkanes of at least 4 members (excludes halogenated alkanes) is 1. The Morgan fingerprint density at radius 1 is 1.14 bits per heavy atom. The summed E-state index contributed by atoms with van der Waals surface area (Å²) in [6.45, 7) is 5.75. The molecule has 0 aromatic heterocycles. The van der Waals surface area contributed by atoms with Gasteiger partial charge in [0.1, 0.15) is 18.2 Å². The van der Waals surface area contributed by atoms with Crippen LogP contribution in [0.2, 0.25) is 0 Å². The van der Waals surface area contributed by atoms with Gasteiger partial charge in [-0.25, -0.2) is 9.59 Å². The fourth-order valence-corrected chi connectivity index (χ4v) is 2.32. The molecule has 0 heterocycles. The van der Waals surface area contributed by atoms with E-state index in [1.165, 1.54) is 0 Å². The fraction of sp³-hybridized carbons (Fsp3) is 0.500. The summed E-state index contributed by atoms with van der Waals surface area (Å²) in [7, 11) is 0. The van der Waals surface area contributed by atoms with E-state index >= 15 is 0 Å². The van der Waals surface area contributed by atoms with Crippen LogP contribution >= 0.6 is 0 Å². The number of ether oxygens (including phenoxy) is 2. The molecular weight excluding hydrogens is 376 g/mol. The number of benzene rings is 1. The molecule has 2 amide bonds. The number of nitrogens with zero attached hydrogens (tertiary/aromatic N) is 2. The zero-order valence-electron chi connectivity index (χ0n) is 17.0. The monoisotopic (exact) mass is 404 g/mol. The second-order valence-corrected chi connectivity index (χ2v) is 7.33. The van der Waals surface area contributed by atoms with Crippen molar-refractivity contribution in [3.8, 4) is 0 Å². The van der Waals surface area contributed by atoms with E-state index in [0.717, 1.165) is 11.8 Å². The van der Waals surface area contributed by atoms with Crippen molar-refractivity contribution in [3.63, 3.8) is 0 Å².